The van der Waals surface area contributed by atoms with E-state index in [9.17, 15) is 4.79 Å². The number of hydrogen-bond donors (Lipinski definition) is 2. The average Bonchev–Trinajstić information content (AvgIpc) is 2.68. The van der Waals surface area contributed by atoms with Crippen LogP contribution < -0.4 is 5.32 Å². The third kappa shape index (κ3) is 4.63. The van der Waals surface area contributed by atoms with E-state index in [1.165, 1.54) is 0 Å². The minimum atomic E-state index is -0.105. The van der Waals surface area contributed by atoms with Crippen molar-refractivity contribution in [3.05, 3.63) is 17.5 Å². The fourth-order valence-electron chi connectivity index (χ4n) is 2.01. The van der Waals surface area contributed by atoms with Crippen LogP contribution in [0.4, 0.5) is 0 Å². The van der Waals surface area contributed by atoms with Crippen molar-refractivity contribution in [2.24, 2.45) is 11.3 Å². The number of hydrogen-bond acceptors (Lipinski definition) is 3. The van der Waals surface area contributed by atoms with Crippen molar-refractivity contribution in [3.63, 3.8) is 0 Å². The molecule has 1 heterocycles. The molecule has 0 saturated heterocycles. The summed E-state index contributed by atoms with van der Waals surface area (Å²) in [5, 5.41) is 16.2. The Labute approximate surface area is 121 Å². The van der Waals surface area contributed by atoms with Gasteiger partial charge in [-0.25, -0.2) is 0 Å². The Hall–Kier alpha value is -1.36. The van der Waals surface area contributed by atoms with E-state index in [2.05, 4.69) is 24.3 Å². The largest absolute Gasteiger partial charge is 0.396 e. The summed E-state index contributed by atoms with van der Waals surface area (Å²) in [6.45, 7) is 11.7. The fourth-order valence-corrected chi connectivity index (χ4v) is 2.01. The van der Waals surface area contributed by atoms with E-state index in [-0.39, 0.29) is 17.9 Å². The maximum absolute atomic E-state index is 12.2. The van der Waals surface area contributed by atoms with Crippen molar-refractivity contribution in [3.8, 4) is 0 Å². The van der Waals surface area contributed by atoms with Crippen LogP contribution in [0, 0.1) is 18.3 Å². The average molecular weight is 281 g/mol. The molecule has 20 heavy (non-hydrogen) atoms. The second-order valence-electron chi connectivity index (χ2n) is 6.54. The number of rotatable bonds is 7. The molecule has 5 nitrogen and oxygen atoms in total. The van der Waals surface area contributed by atoms with Crippen LogP contribution in [0.3, 0.4) is 0 Å². The van der Waals surface area contributed by atoms with E-state index in [1.54, 1.807) is 6.20 Å². The van der Waals surface area contributed by atoms with Crippen molar-refractivity contribution in [2.75, 3.05) is 13.2 Å². The molecule has 5 heteroatoms. The van der Waals surface area contributed by atoms with Crippen LogP contribution in [0.2, 0.25) is 0 Å². The Bertz CT molecular complexity index is 450. The van der Waals surface area contributed by atoms with Gasteiger partial charge < -0.3 is 10.4 Å². The van der Waals surface area contributed by atoms with Crippen molar-refractivity contribution in [2.45, 2.75) is 47.6 Å². The van der Waals surface area contributed by atoms with Gasteiger partial charge in [0.25, 0.3) is 5.91 Å². The molecule has 0 aliphatic carbocycles. The molecule has 0 bridgehead atoms. The van der Waals surface area contributed by atoms with Crippen molar-refractivity contribution < 1.29 is 9.90 Å². The summed E-state index contributed by atoms with van der Waals surface area (Å²) in [6, 6.07) is 0. The molecule has 1 aromatic rings. The highest BCUT2D eigenvalue weighted by Gasteiger charge is 2.20. The first kappa shape index (κ1) is 16.7. The van der Waals surface area contributed by atoms with E-state index < -0.39 is 0 Å². The Kier molecular flexibility index (Phi) is 5.74. The zero-order valence-corrected chi connectivity index (χ0v) is 13.2. The van der Waals surface area contributed by atoms with Gasteiger partial charge in [0.15, 0.2) is 0 Å². The van der Waals surface area contributed by atoms with Crippen LogP contribution in [0.5, 0.6) is 0 Å². The predicted octanol–water partition coefficient (Wildman–Crippen LogP) is 1.99. The second-order valence-corrected chi connectivity index (χ2v) is 6.54. The third-order valence-electron chi connectivity index (χ3n) is 3.40. The van der Waals surface area contributed by atoms with Crippen LogP contribution >= 0.6 is 0 Å². The first-order chi connectivity index (χ1) is 9.26. The molecule has 0 fully saturated rings. The molecule has 0 spiro atoms. The van der Waals surface area contributed by atoms with Gasteiger partial charge in [0.05, 0.1) is 11.8 Å². The van der Waals surface area contributed by atoms with Gasteiger partial charge in [-0.2, -0.15) is 5.10 Å². The second kappa shape index (κ2) is 6.88. The molecule has 1 rings (SSSR count). The van der Waals surface area contributed by atoms with E-state index in [4.69, 9.17) is 5.11 Å². The molecule has 1 aromatic heterocycles. The van der Waals surface area contributed by atoms with Crippen LogP contribution in [0.1, 0.15) is 50.2 Å². The smallest absolute Gasteiger partial charge is 0.254 e. The number of nitrogens with zero attached hydrogens (tertiary/aromatic N) is 2. The van der Waals surface area contributed by atoms with E-state index in [1.807, 2.05) is 25.5 Å². The summed E-state index contributed by atoms with van der Waals surface area (Å²) in [5.74, 6) is 0.400. The van der Waals surface area contributed by atoms with E-state index in [0.29, 0.717) is 24.4 Å². The molecule has 114 valence electrons. The summed E-state index contributed by atoms with van der Waals surface area (Å²) in [7, 11) is 0. The zero-order valence-electron chi connectivity index (χ0n) is 13.2. The molecule has 0 atom stereocenters. The summed E-state index contributed by atoms with van der Waals surface area (Å²) in [6.07, 6.45) is 2.30. The third-order valence-corrected chi connectivity index (χ3v) is 3.40. The van der Waals surface area contributed by atoms with Gasteiger partial charge in [-0.05, 0) is 24.7 Å². The maximum atomic E-state index is 12.2. The highest BCUT2D eigenvalue weighted by Crippen LogP contribution is 2.18. The monoisotopic (exact) mass is 281 g/mol. The molecular formula is C15H27N3O2. The van der Waals surface area contributed by atoms with E-state index in [0.717, 1.165) is 12.2 Å². The summed E-state index contributed by atoms with van der Waals surface area (Å²) in [5.41, 5.74) is 1.42. The number of carbonyl (C=O) groups is 1. The highest BCUT2D eigenvalue weighted by atomic mass is 16.3. The highest BCUT2D eigenvalue weighted by molar-refractivity contribution is 5.95. The number of aliphatic hydroxyl groups is 1. The Balaban J connectivity index is 2.67. The SMILES string of the molecule is Cc1c(C(=O)NCC(C)(C)CCO)cnn1CC(C)C. The van der Waals surface area contributed by atoms with Gasteiger partial charge in [0.1, 0.15) is 0 Å². The quantitative estimate of drug-likeness (QED) is 0.803. The van der Waals surface area contributed by atoms with Crippen LogP contribution in [-0.2, 0) is 6.54 Å². The molecule has 0 radical (unpaired) electrons. The minimum absolute atomic E-state index is 0.0940. The van der Waals surface area contributed by atoms with Crippen LogP contribution in [-0.4, -0.2) is 33.9 Å². The lowest BCUT2D eigenvalue weighted by Crippen LogP contribution is -2.34. The summed E-state index contributed by atoms with van der Waals surface area (Å²) in [4.78, 5) is 12.2. The standard InChI is InChI=1S/C15H27N3O2/c1-11(2)9-18-12(3)13(8-17-18)14(20)16-10-15(4,5)6-7-19/h8,11,19H,6-7,9-10H2,1-5H3,(H,16,20). The van der Waals surface area contributed by atoms with Gasteiger partial charge in [-0.1, -0.05) is 27.7 Å². The molecule has 2 N–H and O–H groups in total. The van der Waals surface area contributed by atoms with E-state index >= 15 is 0 Å². The molecular weight excluding hydrogens is 254 g/mol. The van der Waals surface area contributed by atoms with Gasteiger partial charge >= 0.3 is 0 Å². The number of nitrogens with one attached hydrogen (secondary N) is 1. The van der Waals surface area contributed by atoms with Crippen molar-refractivity contribution >= 4 is 5.91 Å². The molecule has 0 aromatic carbocycles. The molecule has 0 aliphatic rings. The number of carbonyl (C=O) groups excluding carboxylic acids is 1. The van der Waals surface area contributed by atoms with Gasteiger partial charge in [-0.15, -0.1) is 0 Å². The fraction of sp³-hybridized carbons (Fsp3) is 0.733. The maximum Gasteiger partial charge on any atom is 0.254 e. The first-order valence-electron chi connectivity index (χ1n) is 7.18. The van der Waals surface area contributed by atoms with Gasteiger partial charge in [0.2, 0.25) is 0 Å². The Morgan fingerprint density at radius 1 is 1.50 bits per heavy atom. The molecule has 0 saturated carbocycles. The number of aromatic nitrogens is 2. The summed E-state index contributed by atoms with van der Waals surface area (Å²) < 4.78 is 1.87. The lowest BCUT2D eigenvalue weighted by Gasteiger charge is -2.23. The number of amides is 1. The zero-order chi connectivity index (χ0) is 15.3. The van der Waals surface area contributed by atoms with Crippen LogP contribution in [0.15, 0.2) is 6.20 Å². The molecule has 0 aliphatic heterocycles. The summed E-state index contributed by atoms with van der Waals surface area (Å²) >= 11 is 0. The first-order valence-corrected chi connectivity index (χ1v) is 7.18. The van der Waals surface area contributed by atoms with Gasteiger partial charge in [0, 0.05) is 25.4 Å². The number of aliphatic hydroxyl groups excluding tert-OH is 1. The van der Waals surface area contributed by atoms with Crippen molar-refractivity contribution in [1.29, 1.82) is 0 Å². The lowest BCUT2D eigenvalue weighted by molar-refractivity contribution is 0.0927. The predicted molar refractivity (Wildman–Crippen MR) is 79.6 cm³/mol. The lowest BCUT2D eigenvalue weighted by atomic mass is 9.89. The molecule has 0 unspecified atom stereocenters. The van der Waals surface area contributed by atoms with Gasteiger partial charge in [-0.3, -0.25) is 9.48 Å². The minimum Gasteiger partial charge on any atom is -0.396 e. The molecule has 1 amide bonds. The van der Waals surface area contributed by atoms with Crippen molar-refractivity contribution in [1.82, 2.24) is 15.1 Å². The normalized spacial score (nSPS) is 11.9. The van der Waals surface area contributed by atoms with Crippen LogP contribution in [0.25, 0.3) is 0 Å². The Morgan fingerprint density at radius 2 is 2.15 bits per heavy atom. The Morgan fingerprint density at radius 3 is 2.70 bits per heavy atom. The topological polar surface area (TPSA) is 67.2 Å².